The predicted octanol–water partition coefficient (Wildman–Crippen LogP) is 7.08. The highest BCUT2D eigenvalue weighted by Gasteiger charge is 2.31. The number of nitrogens with zero attached hydrogens (tertiary/aromatic N) is 6. The van der Waals surface area contributed by atoms with E-state index in [1.807, 2.05) is 36.4 Å². The molecule has 0 saturated heterocycles. The Labute approximate surface area is 239 Å². The second-order valence-electron chi connectivity index (χ2n) is 10.8. The third-order valence-corrected chi connectivity index (χ3v) is 8.37. The lowest BCUT2D eigenvalue weighted by atomic mass is 10.0. The van der Waals surface area contributed by atoms with Gasteiger partial charge in [-0.1, -0.05) is 72.8 Å². The van der Waals surface area contributed by atoms with E-state index >= 15 is 0 Å². The molecule has 4 heterocycles. The molecule has 42 heavy (non-hydrogen) atoms. The van der Waals surface area contributed by atoms with Crippen molar-refractivity contribution in [3.05, 3.63) is 143 Å². The van der Waals surface area contributed by atoms with Crippen molar-refractivity contribution in [1.29, 1.82) is 0 Å². The highest BCUT2D eigenvalue weighted by Crippen LogP contribution is 2.33. The van der Waals surface area contributed by atoms with Gasteiger partial charge in [-0.2, -0.15) is 0 Å². The number of benzene rings is 6. The second kappa shape index (κ2) is 7.86. The summed E-state index contributed by atoms with van der Waals surface area (Å²) in [5, 5.41) is 6.74. The van der Waals surface area contributed by atoms with Gasteiger partial charge in [0.15, 0.2) is 35.0 Å². The van der Waals surface area contributed by atoms with Gasteiger partial charge < -0.3 is 0 Å². The number of aliphatic imine (C=N–C) groups is 6. The molecule has 10 rings (SSSR count). The molecule has 6 heteroatoms. The summed E-state index contributed by atoms with van der Waals surface area (Å²) in [7, 11) is 0. The lowest BCUT2D eigenvalue weighted by Crippen LogP contribution is -2.02. The van der Waals surface area contributed by atoms with E-state index in [9.17, 15) is 0 Å². The summed E-state index contributed by atoms with van der Waals surface area (Å²) in [6.45, 7) is 0. The van der Waals surface area contributed by atoms with Gasteiger partial charge in [-0.25, -0.2) is 30.0 Å². The number of hydrogen-bond donors (Lipinski definition) is 0. The Morgan fingerprint density at radius 3 is 0.571 bits per heavy atom. The van der Waals surface area contributed by atoms with Crippen LogP contribution in [-0.2, 0) is 0 Å². The van der Waals surface area contributed by atoms with Gasteiger partial charge in [0.05, 0.1) is 0 Å². The van der Waals surface area contributed by atoms with Gasteiger partial charge in [0.2, 0.25) is 0 Å². The Bertz CT molecular complexity index is 2170. The minimum absolute atomic E-state index is 0.593. The number of amidine groups is 6. The fourth-order valence-electron chi connectivity index (χ4n) is 6.31. The molecule has 0 aromatic heterocycles. The summed E-state index contributed by atoms with van der Waals surface area (Å²) >= 11 is 0. The van der Waals surface area contributed by atoms with Crippen molar-refractivity contribution < 1.29 is 0 Å². The van der Waals surface area contributed by atoms with Gasteiger partial charge in [0.1, 0.15) is 0 Å². The molecule has 6 bridgehead atoms. The number of fused-ring (bicyclic) bond motifs is 15. The topological polar surface area (TPSA) is 74.2 Å². The zero-order valence-corrected chi connectivity index (χ0v) is 22.1. The fourth-order valence-corrected chi connectivity index (χ4v) is 6.31. The summed E-state index contributed by atoms with van der Waals surface area (Å²) in [6.07, 6.45) is 0. The first kappa shape index (κ1) is 21.9. The van der Waals surface area contributed by atoms with Crippen LogP contribution in [0.15, 0.2) is 139 Å². The Morgan fingerprint density at radius 2 is 0.405 bits per heavy atom. The van der Waals surface area contributed by atoms with Crippen molar-refractivity contribution in [2.75, 3.05) is 0 Å². The Morgan fingerprint density at radius 1 is 0.238 bits per heavy atom. The van der Waals surface area contributed by atoms with Gasteiger partial charge in [0.25, 0.3) is 0 Å². The molecule has 0 spiro atoms. The predicted molar refractivity (Wildman–Crippen MR) is 171 cm³/mol. The van der Waals surface area contributed by atoms with Crippen LogP contribution in [-0.4, -0.2) is 35.0 Å². The zero-order valence-electron chi connectivity index (χ0n) is 22.1. The van der Waals surface area contributed by atoms with Gasteiger partial charge in [0, 0.05) is 33.4 Å². The van der Waals surface area contributed by atoms with Crippen LogP contribution in [0.2, 0.25) is 0 Å². The smallest absolute Gasteiger partial charge is 0.164 e. The molecule has 4 aliphatic rings. The van der Waals surface area contributed by atoms with Crippen molar-refractivity contribution in [3.63, 3.8) is 0 Å². The normalized spacial score (nSPS) is 16.0. The lowest BCUT2D eigenvalue weighted by Gasteiger charge is -2.05. The molecule has 0 unspecified atom stereocenters. The molecule has 6 aromatic rings. The molecule has 0 N–H and O–H groups in total. The molecule has 0 atom stereocenters. The third kappa shape index (κ3) is 3.03. The molecule has 192 valence electrons. The van der Waals surface area contributed by atoms with Crippen LogP contribution in [0.5, 0.6) is 0 Å². The highest BCUT2D eigenvalue weighted by atomic mass is 15.1. The third-order valence-electron chi connectivity index (χ3n) is 8.37. The van der Waals surface area contributed by atoms with Crippen molar-refractivity contribution in [2.45, 2.75) is 0 Å². The fraction of sp³-hybridized carbons (Fsp3) is 0. The first-order valence-corrected chi connectivity index (χ1v) is 13.9. The maximum Gasteiger partial charge on any atom is 0.164 e. The van der Waals surface area contributed by atoms with Crippen LogP contribution >= 0.6 is 0 Å². The van der Waals surface area contributed by atoms with E-state index in [2.05, 4.69) is 72.8 Å². The van der Waals surface area contributed by atoms with E-state index < -0.39 is 0 Å². The maximum absolute atomic E-state index is 5.08. The Hall–Kier alpha value is -5.88. The molecular formula is C36H18N6. The van der Waals surface area contributed by atoms with Crippen LogP contribution in [0, 0.1) is 0 Å². The van der Waals surface area contributed by atoms with Crippen molar-refractivity contribution in [2.24, 2.45) is 30.0 Å². The van der Waals surface area contributed by atoms with Crippen molar-refractivity contribution in [1.82, 2.24) is 0 Å². The van der Waals surface area contributed by atoms with Crippen LogP contribution < -0.4 is 0 Å². The molecule has 0 aliphatic carbocycles. The molecule has 0 radical (unpaired) electrons. The minimum Gasteiger partial charge on any atom is -0.208 e. The Kier molecular flexibility index (Phi) is 4.10. The minimum atomic E-state index is 0.593. The van der Waals surface area contributed by atoms with Crippen LogP contribution in [0.25, 0.3) is 32.3 Å². The van der Waals surface area contributed by atoms with E-state index in [0.29, 0.717) is 35.0 Å². The summed E-state index contributed by atoms with van der Waals surface area (Å²) in [6, 6.07) is 37.8. The second-order valence-corrected chi connectivity index (χ2v) is 10.8. The monoisotopic (exact) mass is 534 g/mol. The molecule has 6 aromatic carbocycles. The van der Waals surface area contributed by atoms with Crippen LogP contribution in [0.1, 0.15) is 33.4 Å². The maximum atomic E-state index is 5.08. The molecule has 0 amide bonds. The molecular weight excluding hydrogens is 516 g/mol. The average molecular weight is 535 g/mol. The quantitative estimate of drug-likeness (QED) is 0.200. The van der Waals surface area contributed by atoms with Crippen LogP contribution in [0.4, 0.5) is 0 Å². The standard InChI is InChI=1S/C36H18N6/c1-2-8-20-14-26-25(13-19(20)7-1)31-37-32(26)41-34-29-17-23-11-5-6-12-24(23)18-30(29)36(39-34)42-35-28-16-22-10-4-3-9-21(22)15-27(28)33(38-35)40-31/h1-18H. The SMILES string of the molecule is c1ccc2cc3c(cc2c1)C1=NC3=NC2=NC(=NC3=NC(=N1)c1cc4ccccc4cc13)c1cc3ccccc3cc12. The Balaban J connectivity index is 1.31. The van der Waals surface area contributed by atoms with Crippen molar-refractivity contribution in [3.8, 4) is 0 Å². The number of hydrogen-bond acceptors (Lipinski definition) is 6. The number of rotatable bonds is 0. The summed E-state index contributed by atoms with van der Waals surface area (Å²) in [4.78, 5) is 30.3. The first-order valence-electron chi connectivity index (χ1n) is 13.9. The van der Waals surface area contributed by atoms with E-state index in [-0.39, 0.29) is 0 Å². The van der Waals surface area contributed by atoms with Crippen LogP contribution in [0.3, 0.4) is 0 Å². The molecule has 0 saturated carbocycles. The summed E-state index contributed by atoms with van der Waals surface area (Å²) in [5.41, 5.74) is 5.60. The van der Waals surface area contributed by atoms with E-state index in [0.717, 1.165) is 65.7 Å². The van der Waals surface area contributed by atoms with Gasteiger partial charge in [-0.15, -0.1) is 0 Å². The highest BCUT2D eigenvalue weighted by molar-refractivity contribution is 6.36. The van der Waals surface area contributed by atoms with Gasteiger partial charge in [-0.3, -0.25) is 0 Å². The summed E-state index contributed by atoms with van der Waals surface area (Å²) < 4.78 is 0. The largest absolute Gasteiger partial charge is 0.208 e. The molecule has 0 fully saturated rings. The zero-order chi connectivity index (χ0) is 27.4. The lowest BCUT2D eigenvalue weighted by molar-refractivity contribution is 1.49. The van der Waals surface area contributed by atoms with E-state index in [1.54, 1.807) is 0 Å². The van der Waals surface area contributed by atoms with Crippen molar-refractivity contribution >= 4 is 67.3 Å². The molecule has 4 aliphatic heterocycles. The molecule has 6 nitrogen and oxygen atoms in total. The van der Waals surface area contributed by atoms with E-state index in [1.165, 1.54) is 0 Å². The first-order chi connectivity index (χ1) is 20.7. The summed E-state index contributed by atoms with van der Waals surface area (Å²) in [5.74, 6) is 3.56. The van der Waals surface area contributed by atoms with Gasteiger partial charge in [-0.05, 0) is 68.7 Å². The average Bonchev–Trinajstić information content (AvgIpc) is 3.65. The van der Waals surface area contributed by atoms with Gasteiger partial charge >= 0.3 is 0 Å². The van der Waals surface area contributed by atoms with E-state index in [4.69, 9.17) is 30.0 Å².